The molecule has 3 aromatic rings. The van der Waals surface area contributed by atoms with Crippen LogP contribution in [0.2, 0.25) is 0 Å². The predicted molar refractivity (Wildman–Crippen MR) is 136 cm³/mol. The molecule has 34 heavy (non-hydrogen) atoms. The van der Waals surface area contributed by atoms with Crippen molar-refractivity contribution in [3.63, 3.8) is 0 Å². The molecular weight excluding hydrogens is 520 g/mol. The van der Waals surface area contributed by atoms with Crippen molar-refractivity contribution < 1.29 is 24.2 Å². The maximum Gasteiger partial charge on any atom is 0.335 e. The Hall–Kier alpha value is -3.56. The maximum atomic E-state index is 12.5. The molecule has 1 saturated heterocycles. The number of hydrogen-bond donors (Lipinski definition) is 2. The molecule has 0 saturated carbocycles. The number of carboxylic acids is 1. The number of nitrogens with one attached hydrogen (secondary N) is 1. The normalized spacial score (nSPS) is 15.4. The van der Waals surface area contributed by atoms with E-state index < -0.39 is 5.97 Å². The molecule has 0 aromatic heterocycles. The van der Waals surface area contributed by atoms with Crippen molar-refractivity contribution >= 4 is 56.5 Å². The van der Waals surface area contributed by atoms with Crippen molar-refractivity contribution in [2.75, 3.05) is 7.11 Å². The van der Waals surface area contributed by atoms with Crippen LogP contribution in [0.4, 0.5) is 5.69 Å². The van der Waals surface area contributed by atoms with Crippen LogP contribution in [0.3, 0.4) is 0 Å². The lowest BCUT2D eigenvalue weighted by Gasteiger charge is -2.10. The number of benzene rings is 3. The lowest BCUT2D eigenvalue weighted by Crippen LogP contribution is -2.19. The van der Waals surface area contributed by atoms with Crippen LogP contribution in [-0.2, 0) is 11.4 Å². The summed E-state index contributed by atoms with van der Waals surface area (Å²) in [7, 11) is 1.60. The number of carbonyl (C=O) groups excluding carboxylic acids is 1. The first-order valence-electron chi connectivity index (χ1n) is 10.1. The average molecular weight is 539 g/mol. The lowest BCUT2D eigenvalue weighted by molar-refractivity contribution is -0.115. The van der Waals surface area contributed by atoms with Crippen LogP contribution < -0.4 is 14.8 Å². The van der Waals surface area contributed by atoms with Crippen LogP contribution in [0.15, 0.2) is 81.1 Å². The van der Waals surface area contributed by atoms with Crippen molar-refractivity contribution in [2.45, 2.75) is 6.61 Å². The predicted octanol–water partition coefficient (Wildman–Crippen LogP) is 5.63. The molecule has 3 aromatic carbocycles. The van der Waals surface area contributed by atoms with Gasteiger partial charge >= 0.3 is 5.97 Å². The number of thioether (sulfide) groups is 1. The third-order valence-corrected chi connectivity index (χ3v) is 6.21. The molecule has 0 radical (unpaired) electrons. The summed E-state index contributed by atoms with van der Waals surface area (Å²) in [4.78, 5) is 28.5. The zero-order valence-corrected chi connectivity index (χ0v) is 20.4. The first kappa shape index (κ1) is 23.6. The fourth-order valence-electron chi connectivity index (χ4n) is 3.06. The van der Waals surface area contributed by atoms with Crippen LogP contribution in [-0.4, -0.2) is 29.3 Å². The van der Waals surface area contributed by atoms with Crippen LogP contribution >= 0.6 is 27.7 Å². The summed E-state index contributed by atoms with van der Waals surface area (Å²) in [6, 6.07) is 19.2. The number of aliphatic imine (C=N–C) groups is 1. The number of carbonyl (C=O) groups is 2. The smallest absolute Gasteiger partial charge is 0.335 e. The van der Waals surface area contributed by atoms with E-state index >= 15 is 0 Å². The van der Waals surface area contributed by atoms with Crippen LogP contribution in [0.25, 0.3) is 6.08 Å². The summed E-state index contributed by atoms with van der Waals surface area (Å²) < 4.78 is 12.0. The number of nitrogens with zero attached hydrogens (tertiary/aromatic N) is 1. The van der Waals surface area contributed by atoms with Crippen molar-refractivity contribution in [3.05, 3.63) is 92.8 Å². The number of methoxy groups -OCH3 is 1. The highest BCUT2D eigenvalue weighted by atomic mass is 79.9. The summed E-state index contributed by atoms with van der Waals surface area (Å²) in [6.45, 7) is 0.251. The van der Waals surface area contributed by atoms with E-state index in [2.05, 4.69) is 26.2 Å². The van der Waals surface area contributed by atoms with E-state index in [4.69, 9.17) is 14.6 Å². The average Bonchev–Trinajstić information content (AvgIpc) is 3.17. The van der Waals surface area contributed by atoms with E-state index in [9.17, 15) is 9.59 Å². The minimum Gasteiger partial charge on any atom is -0.497 e. The van der Waals surface area contributed by atoms with Gasteiger partial charge in [-0.05, 0) is 78.0 Å². The van der Waals surface area contributed by atoms with Crippen LogP contribution in [0.5, 0.6) is 11.5 Å². The SMILES string of the molecule is COc1ccc(N=C2NC(=O)/C(=C\c3cc(Br)ccc3OCc3ccc(C(=O)O)cc3)S2)cc1. The Balaban J connectivity index is 1.51. The molecule has 2 N–H and O–H groups in total. The summed E-state index contributed by atoms with van der Waals surface area (Å²) >= 11 is 4.71. The Bertz CT molecular complexity index is 1290. The number of amidine groups is 1. The molecule has 1 aliphatic rings. The summed E-state index contributed by atoms with van der Waals surface area (Å²) in [5.74, 6) is 0.101. The zero-order chi connectivity index (χ0) is 24.1. The molecule has 4 rings (SSSR count). The highest BCUT2D eigenvalue weighted by molar-refractivity contribution is 9.10. The third kappa shape index (κ3) is 5.86. The van der Waals surface area contributed by atoms with E-state index in [0.29, 0.717) is 21.5 Å². The van der Waals surface area contributed by atoms with Gasteiger partial charge in [-0.1, -0.05) is 28.1 Å². The molecule has 1 heterocycles. The maximum absolute atomic E-state index is 12.5. The first-order chi connectivity index (χ1) is 16.4. The molecule has 9 heteroatoms. The molecule has 0 unspecified atom stereocenters. The number of ether oxygens (including phenoxy) is 2. The van der Waals surface area contributed by atoms with Crippen molar-refractivity contribution in [1.29, 1.82) is 0 Å². The van der Waals surface area contributed by atoms with Gasteiger partial charge in [0.25, 0.3) is 5.91 Å². The first-order valence-corrected chi connectivity index (χ1v) is 11.7. The van der Waals surface area contributed by atoms with Gasteiger partial charge in [-0.25, -0.2) is 9.79 Å². The summed E-state index contributed by atoms with van der Waals surface area (Å²) in [6.07, 6.45) is 1.75. The van der Waals surface area contributed by atoms with Gasteiger partial charge in [-0.3, -0.25) is 4.79 Å². The second kappa shape index (κ2) is 10.6. The van der Waals surface area contributed by atoms with E-state index in [1.807, 2.05) is 30.3 Å². The fourth-order valence-corrected chi connectivity index (χ4v) is 4.28. The largest absolute Gasteiger partial charge is 0.497 e. The Kier molecular flexibility index (Phi) is 7.34. The molecule has 1 aliphatic heterocycles. The van der Waals surface area contributed by atoms with Crippen LogP contribution in [0.1, 0.15) is 21.5 Å². The molecule has 172 valence electrons. The Morgan fingerprint density at radius 1 is 1.12 bits per heavy atom. The topological polar surface area (TPSA) is 97.2 Å². The van der Waals surface area contributed by atoms with Gasteiger partial charge in [0, 0.05) is 10.0 Å². The quantitative estimate of drug-likeness (QED) is 0.378. The number of aromatic carboxylic acids is 1. The summed E-state index contributed by atoms with van der Waals surface area (Å²) in [5, 5.41) is 12.3. The van der Waals surface area contributed by atoms with E-state index in [1.165, 1.54) is 23.9 Å². The van der Waals surface area contributed by atoms with Gasteiger partial charge < -0.3 is 19.9 Å². The molecule has 1 amide bonds. The fraction of sp³-hybridized carbons (Fsp3) is 0.0800. The Morgan fingerprint density at radius 2 is 1.85 bits per heavy atom. The molecule has 1 fully saturated rings. The highest BCUT2D eigenvalue weighted by Crippen LogP contribution is 2.32. The number of carboxylic acid groups (broad SMARTS) is 1. The number of amides is 1. The standard InChI is InChI=1S/C25H19BrN2O5S/c1-32-20-9-7-19(8-10-20)27-25-28-23(29)22(34-25)13-17-12-18(26)6-11-21(17)33-14-15-2-4-16(5-3-15)24(30)31/h2-13H,14H2,1H3,(H,30,31)(H,27,28,29)/b22-13+. The van der Waals surface area contributed by atoms with Gasteiger partial charge in [-0.15, -0.1) is 0 Å². The van der Waals surface area contributed by atoms with Gasteiger partial charge in [0.05, 0.1) is 23.3 Å². The molecule has 0 bridgehead atoms. The zero-order valence-electron chi connectivity index (χ0n) is 17.9. The van der Waals surface area contributed by atoms with E-state index in [1.54, 1.807) is 37.5 Å². The number of hydrogen-bond acceptors (Lipinski definition) is 6. The molecule has 0 atom stereocenters. The molecule has 0 spiro atoms. The van der Waals surface area contributed by atoms with E-state index in [-0.39, 0.29) is 18.1 Å². The lowest BCUT2D eigenvalue weighted by atomic mass is 10.1. The van der Waals surface area contributed by atoms with Crippen LogP contribution in [0, 0.1) is 0 Å². The molecule has 7 nitrogen and oxygen atoms in total. The van der Waals surface area contributed by atoms with E-state index in [0.717, 1.165) is 21.3 Å². The summed E-state index contributed by atoms with van der Waals surface area (Å²) in [5.41, 5.74) is 2.47. The third-order valence-electron chi connectivity index (χ3n) is 4.81. The Labute approximate surface area is 208 Å². The number of rotatable bonds is 7. The number of halogens is 1. The Morgan fingerprint density at radius 3 is 2.53 bits per heavy atom. The second-order valence-corrected chi connectivity index (χ2v) is 9.10. The van der Waals surface area contributed by atoms with Gasteiger partial charge in [0.2, 0.25) is 0 Å². The van der Waals surface area contributed by atoms with Crippen molar-refractivity contribution in [3.8, 4) is 11.5 Å². The minimum absolute atomic E-state index is 0.217. The monoisotopic (exact) mass is 538 g/mol. The minimum atomic E-state index is -0.975. The van der Waals surface area contributed by atoms with Gasteiger partial charge in [-0.2, -0.15) is 0 Å². The van der Waals surface area contributed by atoms with Gasteiger partial charge in [0.1, 0.15) is 18.1 Å². The van der Waals surface area contributed by atoms with Crippen molar-refractivity contribution in [2.24, 2.45) is 4.99 Å². The second-order valence-electron chi connectivity index (χ2n) is 7.15. The highest BCUT2D eigenvalue weighted by Gasteiger charge is 2.24. The van der Waals surface area contributed by atoms with Crippen molar-refractivity contribution in [1.82, 2.24) is 5.32 Å². The molecular formula is C25H19BrN2O5S. The van der Waals surface area contributed by atoms with Gasteiger partial charge in [0.15, 0.2) is 5.17 Å². The molecule has 0 aliphatic carbocycles.